The van der Waals surface area contributed by atoms with Crippen LogP contribution in [0.1, 0.15) is 11.5 Å². The molecule has 1 aliphatic heterocycles. The van der Waals surface area contributed by atoms with Crippen molar-refractivity contribution in [3.05, 3.63) is 47.5 Å². The number of likely N-dealkylation sites (N-methyl/N-ethyl adjacent to an activating group) is 1. The van der Waals surface area contributed by atoms with Crippen molar-refractivity contribution < 1.29 is 4.90 Å². The predicted octanol–water partition coefficient (Wildman–Crippen LogP) is 1.05. The van der Waals surface area contributed by atoms with Crippen LogP contribution in [0.5, 0.6) is 0 Å². The fraction of sp³-hybridized carbons (Fsp3) is 0.368. The first-order valence-corrected chi connectivity index (χ1v) is 7.96. The van der Waals surface area contributed by atoms with Crippen molar-refractivity contribution in [1.82, 2.24) is 0 Å². The molecule has 4 atom stereocenters. The molecule has 118 valence electrons. The van der Waals surface area contributed by atoms with E-state index < -0.39 is 11.3 Å². The van der Waals surface area contributed by atoms with Crippen LogP contribution >= 0.6 is 0 Å². The van der Waals surface area contributed by atoms with Crippen molar-refractivity contribution in [2.45, 2.75) is 5.92 Å². The average molecular weight is 316 g/mol. The lowest BCUT2D eigenvalue weighted by Crippen LogP contribution is -3.10. The van der Waals surface area contributed by atoms with Gasteiger partial charge in [-0.1, -0.05) is 30.3 Å². The number of nitrogens with zero attached hydrogens (tertiary/aromatic N) is 3. The van der Waals surface area contributed by atoms with Gasteiger partial charge in [-0.2, -0.15) is 15.8 Å². The SMILES string of the molecule is C[NH+]1CC=C2[C@H](C1)[C@@H](c1ccccc1)C(=N)C(C#N)C2(C#N)C#N. The highest BCUT2D eigenvalue weighted by Crippen LogP contribution is 2.51. The summed E-state index contributed by atoms with van der Waals surface area (Å²) in [5.74, 6) is -1.39. The maximum Gasteiger partial charge on any atom is 0.186 e. The van der Waals surface area contributed by atoms with Gasteiger partial charge in [0.05, 0.1) is 38.3 Å². The summed E-state index contributed by atoms with van der Waals surface area (Å²) >= 11 is 0. The van der Waals surface area contributed by atoms with Crippen molar-refractivity contribution >= 4 is 5.71 Å². The number of rotatable bonds is 1. The molecule has 24 heavy (non-hydrogen) atoms. The zero-order chi connectivity index (χ0) is 17.3. The highest BCUT2D eigenvalue weighted by Gasteiger charge is 2.57. The summed E-state index contributed by atoms with van der Waals surface area (Å²) in [6.07, 6.45) is 1.95. The highest BCUT2D eigenvalue weighted by molar-refractivity contribution is 5.96. The molecule has 1 heterocycles. The Labute approximate surface area is 141 Å². The van der Waals surface area contributed by atoms with Crippen molar-refractivity contribution in [1.29, 1.82) is 21.2 Å². The van der Waals surface area contributed by atoms with Gasteiger partial charge in [0.25, 0.3) is 0 Å². The highest BCUT2D eigenvalue weighted by atomic mass is 15.1. The van der Waals surface area contributed by atoms with Gasteiger partial charge >= 0.3 is 0 Å². The van der Waals surface area contributed by atoms with Crippen molar-refractivity contribution in [3.63, 3.8) is 0 Å². The summed E-state index contributed by atoms with van der Waals surface area (Å²) in [4.78, 5) is 1.28. The Balaban J connectivity index is 2.22. The van der Waals surface area contributed by atoms with Crippen LogP contribution in [0.15, 0.2) is 42.0 Å². The lowest BCUT2D eigenvalue weighted by molar-refractivity contribution is -0.878. The van der Waals surface area contributed by atoms with Gasteiger partial charge in [-0.15, -0.1) is 0 Å². The smallest absolute Gasteiger partial charge is 0.186 e. The number of nitrogens with one attached hydrogen (secondary N) is 2. The van der Waals surface area contributed by atoms with Crippen LogP contribution in [-0.2, 0) is 0 Å². The molecular weight excluding hydrogens is 298 g/mol. The Hall–Kier alpha value is -2.94. The maximum atomic E-state index is 9.75. The summed E-state index contributed by atoms with van der Waals surface area (Å²) in [5.41, 5.74) is 0.346. The first-order chi connectivity index (χ1) is 11.6. The third kappa shape index (κ3) is 2.13. The van der Waals surface area contributed by atoms with Crippen molar-refractivity contribution in [2.24, 2.45) is 17.3 Å². The molecule has 2 N–H and O–H groups in total. The second-order valence-corrected chi connectivity index (χ2v) is 6.57. The predicted molar refractivity (Wildman–Crippen MR) is 87.9 cm³/mol. The number of hydrogen-bond acceptors (Lipinski definition) is 4. The van der Waals surface area contributed by atoms with Gasteiger partial charge in [-0.25, -0.2) is 0 Å². The number of quaternary nitrogens is 1. The van der Waals surface area contributed by atoms with E-state index in [-0.39, 0.29) is 17.5 Å². The number of fused-ring (bicyclic) bond motifs is 1. The molecule has 0 radical (unpaired) electrons. The van der Waals surface area contributed by atoms with Crippen LogP contribution in [0.3, 0.4) is 0 Å². The monoisotopic (exact) mass is 316 g/mol. The van der Waals surface area contributed by atoms with Gasteiger partial charge in [0.1, 0.15) is 5.92 Å². The summed E-state index contributed by atoms with van der Waals surface area (Å²) in [7, 11) is 2.07. The number of benzene rings is 1. The van der Waals surface area contributed by atoms with Gasteiger partial charge in [-0.3, -0.25) is 0 Å². The maximum absolute atomic E-state index is 9.75. The Morgan fingerprint density at radius 1 is 1.17 bits per heavy atom. The fourth-order valence-electron chi connectivity index (χ4n) is 4.07. The minimum Gasteiger partial charge on any atom is -0.334 e. The lowest BCUT2D eigenvalue weighted by Gasteiger charge is -2.45. The van der Waals surface area contributed by atoms with E-state index in [2.05, 4.69) is 25.3 Å². The molecule has 5 nitrogen and oxygen atoms in total. The normalized spacial score (nSPS) is 30.9. The first-order valence-electron chi connectivity index (χ1n) is 7.96. The van der Waals surface area contributed by atoms with E-state index in [1.165, 1.54) is 4.90 Å². The van der Waals surface area contributed by atoms with Crippen LogP contribution in [0, 0.1) is 56.7 Å². The standard InChI is InChI=1S/C19H17N5/c1-24-8-7-15-14(10-24)17(13-5-3-2-4-6-13)18(23)16(9-20)19(15,11-21)12-22/h2-7,14,16-17,23H,8,10H2,1H3/p+1/t14-,16?,17+/m0/s1. The van der Waals surface area contributed by atoms with E-state index >= 15 is 0 Å². The number of hydrogen-bond donors (Lipinski definition) is 2. The molecule has 5 heteroatoms. The number of nitriles is 3. The van der Waals surface area contributed by atoms with Crippen LogP contribution in [0.4, 0.5) is 0 Å². The molecule has 3 rings (SSSR count). The first kappa shape index (κ1) is 15.9. The van der Waals surface area contributed by atoms with Crippen LogP contribution in [0.25, 0.3) is 0 Å². The van der Waals surface area contributed by atoms with Gasteiger partial charge in [-0.05, 0) is 17.2 Å². The molecule has 2 unspecified atom stereocenters. The third-order valence-electron chi connectivity index (χ3n) is 5.22. The van der Waals surface area contributed by atoms with E-state index in [0.29, 0.717) is 0 Å². The van der Waals surface area contributed by atoms with E-state index in [1.807, 2.05) is 36.4 Å². The van der Waals surface area contributed by atoms with Gasteiger partial charge in [0.15, 0.2) is 5.41 Å². The molecule has 0 saturated heterocycles. The molecular formula is C19H18N5+. The molecule has 1 aliphatic carbocycles. The Morgan fingerprint density at radius 2 is 1.83 bits per heavy atom. The van der Waals surface area contributed by atoms with Crippen LogP contribution in [-0.4, -0.2) is 25.8 Å². The quantitative estimate of drug-likeness (QED) is 0.757. The zero-order valence-corrected chi connectivity index (χ0v) is 13.5. The topological polar surface area (TPSA) is 99.7 Å². The molecule has 0 aromatic heterocycles. The summed E-state index contributed by atoms with van der Waals surface area (Å²) < 4.78 is 0. The molecule has 0 spiro atoms. The summed E-state index contributed by atoms with van der Waals surface area (Å²) in [6.45, 7) is 1.47. The Morgan fingerprint density at radius 3 is 2.42 bits per heavy atom. The van der Waals surface area contributed by atoms with Crippen molar-refractivity contribution in [3.8, 4) is 18.2 Å². The van der Waals surface area contributed by atoms with E-state index in [0.717, 1.165) is 24.2 Å². The summed E-state index contributed by atoms with van der Waals surface area (Å²) in [5, 5.41) is 37.8. The zero-order valence-electron chi connectivity index (χ0n) is 13.5. The van der Waals surface area contributed by atoms with Gasteiger partial charge in [0, 0.05) is 17.5 Å². The Bertz CT molecular complexity index is 804. The molecule has 0 amide bonds. The molecule has 1 aromatic rings. The molecule has 1 aromatic carbocycles. The lowest BCUT2D eigenvalue weighted by atomic mass is 9.55. The largest absolute Gasteiger partial charge is 0.334 e. The van der Waals surface area contributed by atoms with Crippen LogP contribution in [0.2, 0.25) is 0 Å². The molecule has 0 bridgehead atoms. The fourth-order valence-corrected chi connectivity index (χ4v) is 4.07. The minimum absolute atomic E-state index is 0.0995. The van der Waals surface area contributed by atoms with E-state index in [4.69, 9.17) is 5.41 Å². The Kier molecular flexibility index (Phi) is 3.94. The molecule has 1 fully saturated rings. The van der Waals surface area contributed by atoms with E-state index in [1.54, 1.807) is 0 Å². The second kappa shape index (κ2) is 5.93. The van der Waals surface area contributed by atoms with E-state index in [9.17, 15) is 15.8 Å². The molecule has 2 aliphatic rings. The average Bonchev–Trinajstić information content (AvgIpc) is 2.61. The third-order valence-corrected chi connectivity index (χ3v) is 5.22. The van der Waals surface area contributed by atoms with Gasteiger partial charge < -0.3 is 10.3 Å². The second-order valence-electron chi connectivity index (χ2n) is 6.57. The summed E-state index contributed by atoms with van der Waals surface area (Å²) in [6, 6.07) is 15.9. The molecule has 1 saturated carbocycles. The minimum atomic E-state index is -1.54. The van der Waals surface area contributed by atoms with Gasteiger partial charge in [0.2, 0.25) is 0 Å². The van der Waals surface area contributed by atoms with Crippen molar-refractivity contribution in [2.75, 3.05) is 20.1 Å². The van der Waals surface area contributed by atoms with Crippen LogP contribution < -0.4 is 4.90 Å².